The zero-order valence-electron chi connectivity index (χ0n) is 7.43. The Morgan fingerprint density at radius 2 is 2.00 bits per heavy atom. The van der Waals surface area contributed by atoms with E-state index in [0.29, 0.717) is 11.8 Å². The molecule has 0 saturated heterocycles. The molecule has 1 saturated carbocycles. The predicted molar refractivity (Wildman–Crippen MR) is 51.0 cm³/mol. The number of hydrogen-bond donors (Lipinski definition) is 0. The van der Waals surface area contributed by atoms with Crippen molar-refractivity contribution in [3.63, 3.8) is 0 Å². The standard InChI is InChI=1S/C10H16ClN/c11-7-6-10(8-12)9-4-2-1-3-5-9/h9-10H,1-7H2. The molecular formula is C10H16ClN. The van der Waals surface area contributed by atoms with E-state index in [0.717, 1.165) is 6.42 Å². The summed E-state index contributed by atoms with van der Waals surface area (Å²) in [7, 11) is 0. The van der Waals surface area contributed by atoms with Gasteiger partial charge in [-0.3, -0.25) is 0 Å². The second kappa shape index (κ2) is 5.43. The van der Waals surface area contributed by atoms with Gasteiger partial charge >= 0.3 is 0 Å². The number of nitriles is 1. The van der Waals surface area contributed by atoms with Crippen molar-refractivity contribution in [2.24, 2.45) is 11.8 Å². The summed E-state index contributed by atoms with van der Waals surface area (Å²) in [5, 5.41) is 8.90. The van der Waals surface area contributed by atoms with Gasteiger partial charge < -0.3 is 0 Å². The van der Waals surface area contributed by atoms with Crippen molar-refractivity contribution in [2.45, 2.75) is 38.5 Å². The molecule has 0 N–H and O–H groups in total. The van der Waals surface area contributed by atoms with E-state index in [2.05, 4.69) is 6.07 Å². The van der Waals surface area contributed by atoms with Crippen LogP contribution in [0.4, 0.5) is 0 Å². The van der Waals surface area contributed by atoms with Gasteiger partial charge in [-0.05, 0) is 25.2 Å². The maximum atomic E-state index is 8.90. The molecule has 1 nitrogen and oxygen atoms in total. The van der Waals surface area contributed by atoms with Crippen LogP contribution < -0.4 is 0 Å². The largest absolute Gasteiger partial charge is 0.198 e. The van der Waals surface area contributed by atoms with Gasteiger partial charge in [0.15, 0.2) is 0 Å². The van der Waals surface area contributed by atoms with Gasteiger partial charge in [-0.15, -0.1) is 11.6 Å². The first kappa shape index (κ1) is 9.86. The van der Waals surface area contributed by atoms with Crippen LogP contribution in [0.5, 0.6) is 0 Å². The van der Waals surface area contributed by atoms with E-state index in [-0.39, 0.29) is 5.92 Å². The highest BCUT2D eigenvalue weighted by atomic mass is 35.5. The molecule has 1 atom stereocenters. The lowest BCUT2D eigenvalue weighted by Gasteiger charge is -2.25. The summed E-state index contributed by atoms with van der Waals surface area (Å²) in [6.07, 6.45) is 7.35. The molecule has 12 heavy (non-hydrogen) atoms. The Hall–Kier alpha value is -0.220. The molecule has 0 aliphatic heterocycles. The van der Waals surface area contributed by atoms with E-state index in [9.17, 15) is 0 Å². The van der Waals surface area contributed by atoms with Crippen molar-refractivity contribution in [1.82, 2.24) is 0 Å². The van der Waals surface area contributed by atoms with Crippen LogP contribution in [-0.2, 0) is 0 Å². The third-order valence-corrected chi connectivity index (χ3v) is 3.02. The highest BCUT2D eigenvalue weighted by Gasteiger charge is 2.22. The lowest BCUT2D eigenvalue weighted by atomic mass is 9.79. The Morgan fingerprint density at radius 1 is 1.33 bits per heavy atom. The molecule has 0 aromatic carbocycles. The number of nitrogens with zero attached hydrogens (tertiary/aromatic N) is 1. The summed E-state index contributed by atoms with van der Waals surface area (Å²) < 4.78 is 0. The molecule has 0 aromatic heterocycles. The Morgan fingerprint density at radius 3 is 2.50 bits per heavy atom. The summed E-state index contributed by atoms with van der Waals surface area (Å²) in [4.78, 5) is 0. The normalized spacial score (nSPS) is 21.7. The van der Waals surface area contributed by atoms with Crippen LogP contribution in [0, 0.1) is 23.2 Å². The molecule has 0 spiro atoms. The van der Waals surface area contributed by atoms with Crippen LogP contribution in [0.1, 0.15) is 38.5 Å². The van der Waals surface area contributed by atoms with E-state index in [1.165, 1.54) is 32.1 Å². The quantitative estimate of drug-likeness (QED) is 0.619. The van der Waals surface area contributed by atoms with Gasteiger partial charge in [0, 0.05) is 5.88 Å². The summed E-state index contributed by atoms with van der Waals surface area (Å²) >= 11 is 5.64. The number of hydrogen-bond acceptors (Lipinski definition) is 1. The molecule has 0 radical (unpaired) electrons. The average molecular weight is 186 g/mol. The van der Waals surface area contributed by atoms with Crippen molar-refractivity contribution >= 4 is 11.6 Å². The van der Waals surface area contributed by atoms with E-state index in [1.807, 2.05) is 0 Å². The maximum absolute atomic E-state index is 8.90. The van der Waals surface area contributed by atoms with Gasteiger partial charge in [0.25, 0.3) is 0 Å². The van der Waals surface area contributed by atoms with E-state index in [1.54, 1.807) is 0 Å². The SMILES string of the molecule is N#CC(CCCl)C1CCCCC1. The Bertz CT molecular complexity index is 156. The third-order valence-electron chi connectivity index (χ3n) is 2.80. The van der Waals surface area contributed by atoms with Crippen molar-refractivity contribution in [3.05, 3.63) is 0 Å². The molecule has 1 aliphatic rings. The molecule has 2 heteroatoms. The molecule has 1 rings (SSSR count). The molecular weight excluding hydrogens is 170 g/mol. The minimum atomic E-state index is 0.225. The van der Waals surface area contributed by atoms with Gasteiger partial charge in [0.1, 0.15) is 0 Å². The average Bonchev–Trinajstić information content (AvgIpc) is 2.15. The highest BCUT2D eigenvalue weighted by Crippen LogP contribution is 2.31. The predicted octanol–water partition coefficient (Wildman–Crippen LogP) is 3.34. The Kier molecular flexibility index (Phi) is 4.46. The molecule has 0 aromatic rings. The summed E-state index contributed by atoms with van der Waals surface area (Å²) in [5.74, 6) is 1.50. The second-order valence-electron chi connectivity index (χ2n) is 3.61. The monoisotopic (exact) mass is 185 g/mol. The molecule has 1 unspecified atom stereocenters. The van der Waals surface area contributed by atoms with Gasteiger partial charge in [0.05, 0.1) is 12.0 Å². The first-order chi connectivity index (χ1) is 5.88. The Labute approximate surface area is 79.7 Å². The lowest BCUT2D eigenvalue weighted by Crippen LogP contribution is -2.16. The van der Waals surface area contributed by atoms with E-state index >= 15 is 0 Å². The van der Waals surface area contributed by atoms with Gasteiger partial charge in [-0.2, -0.15) is 5.26 Å². The lowest BCUT2D eigenvalue weighted by molar-refractivity contribution is 0.287. The zero-order chi connectivity index (χ0) is 8.81. The van der Waals surface area contributed by atoms with Gasteiger partial charge in [-0.1, -0.05) is 19.3 Å². The second-order valence-corrected chi connectivity index (χ2v) is 3.99. The Balaban J connectivity index is 2.36. The smallest absolute Gasteiger partial charge is 0.0659 e. The first-order valence-corrected chi connectivity index (χ1v) is 5.37. The molecule has 0 bridgehead atoms. The molecule has 68 valence electrons. The first-order valence-electron chi connectivity index (χ1n) is 4.84. The molecule has 1 fully saturated rings. The topological polar surface area (TPSA) is 23.8 Å². The van der Waals surface area contributed by atoms with Crippen molar-refractivity contribution in [2.75, 3.05) is 5.88 Å². The highest BCUT2D eigenvalue weighted by molar-refractivity contribution is 6.17. The fourth-order valence-corrected chi connectivity index (χ4v) is 2.29. The number of halogens is 1. The van der Waals surface area contributed by atoms with Crippen LogP contribution in [0.15, 0.2) is 0 Å². The van der Waals surface area contributed by atoms with Crippen molar-refractivity contribution < 1.29 is 0 Å². The fraction of sp³-hybridized carbons (Fsp3) is 0.900. The van der Waals surface area contributed by atoms with Crippen molar-refractivity contribution in [3.8, 4) is 6.07 Å². The number of alkyl halides is 1. The van der Waals surface area contributed by atoms with Gasteiger partial charge in [-0.25, -0.2) is 0 Å². The van der Waals surface area contributed by atoms with Gasteiger partial charge in [0.2, 0.25) is 0 Å². The molecule has 1 aliphatic carbocycles. The minimum absolute atomic E-state index is 0.225. The molecule has 0 heterocycles. The van der Waals surface area contributed by atoms with E-state index < -0.39 is 0 Å². The maximum Gasteiger partial charge on any atom is 0.0659 e. The van der Waals surface area contributed by atoms with Crippen LogP contribution >= 0.6 is 11.6 Å². The van der Waals surface area contributed by atoms with Crippen LogP contribution in [0.2, 0.25) is 0 Å². The van der Waals surface area contributed by atoms with Crippen LogP contribution in [0.3, 0.4) is 0 Å². The summed E-state index contributed by atoms with van der Waals surface area (Å²) in [6, 6.07) is 2.39. The van der Waals surface area contributed by atoms with Crippen LogP contribution in [-0.4, -0.2) is 5.88 Å². The summed E-state index contributed by atoms with van der Waals surface area (Å²) in [5.41, 5.74) is 0. The zero-order valence-corrected chi connectivity index (χ0v) is 8.19. The minimum Gasteiger partial charge on any atom is -0.198 e. The number of rotatable bonds is 3. The van der Waals surface area contributed by atoms with Crippen molar-refractivity contribution in [1.29, 1.82) is 5.26 Å². The van der Waals surface area contributed by atoms with E-state index in [4.69, 9.17) is 16.9 Å². The molecule has 0 amide bonds. The summed E-state index contributed by atoms with van der Waals surface area (Å²) in [6.45, 7) is 0. The van der Waals surface area contributed by atoms with Crippen LogP contribution in [0.25, 0.3) is 0 Å². The third kappa shape index (κ3) is 2.68. The fourth-order valence-electron chi connectivity index (χ4n) is 2.06.